The third-order valence-electron chi connectivity index (χ3n) is 2.77. The lowest BCUT2D eigenvalue weighted by molar-refractivity contribution is 0.608. The fourth-order valence-electron chi connectivity index (χ4n) is 1.75. The van der Waals surface area contributed by atoms with Crippen LogP contribution in [0.25, 0.3) is 0 Å². The van der Waals surface area contributed by atoms with Crippen LogP contribution in [0.15, 0.2) is 37.0 Å². The van der Waals surface area contributed by atoms with Crippen LogP contribution in [0.5, 0.6) is 0 Å². The molecule has 0 fully saturated rings. The molecule has 0 rings (SSSR count). The Kier molecular flexibility index (Phi) is 14.5. The van der Waals surface area contributed by atoms with Gasteiger partial charge in [0.05, 0.1) is 0 Å². The van der Waals surface area contributed by atoms with Gasteiger partial charge in [-0.05, 0) is 19.3 Å². The van der Waals surface area contributed by atoms with Crippen molar-refractivity contribution in [2.24, 2.45) is 0 Å². The van der Waals surface area contributed by atoms with Crippen molar-refractivity contribution in [2.75, 3.05) is 0 Å². The molecule has 0 aliphatic carbocycles. The summed E-state index contributed by atoms with van der Waals surface area (Å²) >= 11 is 0. The van der Waals surface area contributed by atoms with Gasteiger partial charge in [0.1, 0.15) is 0 Å². The first kappa shape index (κ1) is 16.2. The first-order chi connectivity index (χ1) is 8.41. The van der Waals surface area contributed by atoms with Gasteiger partial charge in [0.15, 0.2) is 0 Å². The van der Waals surface area contributed by atoms with Crippen molar-refractivity contribution < 1.29 is 0 Å². The van der Waals surface area contributed by atoms with Gasteiger partial charge in [-0.25, -0.2) is 0 Å². The van der Waals surface area contributed by atoms with Crippen molar-refractivity contribution >= 4 is 0 Å². The van der Waals surface area contributed by atoms with Gasteiger partial charge in [0.25, 0.3) is 0 Å². The van der Waals surface area contributed by atoms with Gasteiger partial charge in [0, 0.05) is 0 Å². The molecule has 0 aromatic rings. The van der Waals surface area contributed by atoms with E-state index in [0.29, 0.717) is 0 Å². The summed E-state index contributed by atoms with van der Waals surface area (Å²) in [4.78, 5) is 0. The molecule has 0 spiro atoms. The maximum Gasteiger partial charge on any atom is -0.0348 e. The Balaban J connectivity index is 3.05. The summed E-state index contributed by atoms with van der Waals surface area (Å²) in [6.07, 6.45) is 24.6. The molecule has 97 valence electrons. The molecule has 17 heavy (non-hydrogen) atoms. The van der Waals surface area contributed by atoms with Crippen LogP contribution in [-0.4, -0.2) is 0 Å². The number of rotatable bonds is 12. The molecule has 0 unspecified atom stereocenters. The number of allylic oxidation sites excluding steroid dienone is 5. The molecule has 0 aromatic carbocycles. The van der Waals surface area contributed by atoms with Gasteiger partial charge in [-0.1, -0.05) is 88.8 Å². The number of hydrogen-bond acceptors (Lipinski definition) is 0. The summed E-state index contributed by atoms with van der Waals surface area (Å²) in [5, 5.41) is 0. The highest BCUT2D eigenvalue weighted by molar-refractivity contribution is 5.08. The molecular weight excluding hydrogens is 204 g/mol. The van der Waals surface area contributed by atoms with Crippen molar-refractivity contribution in [1.82, 2.24) is 0 Å². The average molecular weight is 233 g/mol. The monoisotopic (exact) mass is 233 g/mol. The van der Waals surface area contributed by atoms with E-state index < -0.39 is 0 Å². The lowest BCUT2D eigenvalue weighted by Gasteiger charge is -2.00. The smallest absolute Gasteiger partial charge is 0.0348 e. The van der Waals surface area contributed by atoms with E-state index >= 15 is 0 Å². The van der Waals surface area contributed by atoms with E-state index in [2.05, 4.69) is 32.1 Å². The van der Waals surface area contributed by atoms with Crippen LogP contribution in [0.4, 0.5) is 0 Å². The van der Waals surface area contributed by atoms with Crippen LogP contribution < -0.4 is 0 Å². The molecule has 0 heterocycles. The molecule has 0 bridgehead atoms. The molecule has 0 saturated heterocycles. The van der Waals surface area contributed by atoms with Crippen LogP contribution in [-0.2, 0) is 0 Å². The van der Waals surface area contributed by atoms with Crippen molar-refractivity contribution in [2.45, 2.75) is 64.7 Å². The first-order valence-electron chi connectivity index (χ1n) is 7.17. The quantitative estimate of drug-likeness (QED) is 0.285. The lowest BCUT2D eigenvalue weighted by atomic mass is 10.1. The number of unbranched alkanes of at least 4 members (excludes halogenated alkanes) is 9. The van der Waals surface area contributed by atoms with E-state index in [4.69, 9.17) is 0 Å². The summed E-state index contributed by atoms with van der Waals surface area (Å²) in [5.41, 5.74) is 0. The average Bonchev–Trinajstić information content (AvgIpc) is 2.35. The maximum absolute atomic E-state index is 3.63. The Hall–Kier alpha value is -0.780. The van der Waals surface area contributed by atoms with E-state index in [9.17, 15) is 0 Å². The Morgan fingerprint density at radius 1 is 0.765 bits per heavy atom. The van der Waals surface area contributed by atoms with E-state index in [1.54, 1.807) is 6.08 Å². The molecule has 0 saturated carbocycles. The second-order valence-electron chi connectivity index (χ2n) is 4.47. The third-order valence-corrected chi connectivity index (χ3v) is 2.77. The van der Waals surface area contributed by atoms with Crippen molar-refractivity contribution in [1.29, 1.82) is 0 Å². The molecule has 0 aromatic heterocycles. The predicted molar refractivity (Wildman–Crippen MR) is 80.0 cm³/mol. The third kappa shape index (κ3) is 15.2. The summed E-state index contributed by atoms with van der Waals surface area (Å²) < 4.78 is 0. The number of hydrogen-bond donors (Lipinski definition) is 0. The predicted octanol–water partition coefficient (Wildman–Crippen LogP) is 6.02. The van der Waals surface area contributed by atoms with Crippen molar-refractivity contribution in [3.63, 3.8) is 0 Å². The Morgan fingerprint density at radius 3 is 2.18 bits per heavy atom. The second kappa shape index (κ2) is 15.2. The summed E-state index contributed by atoms with van der Waals surface area (Å²) in [6, 6.07) is 0. The van der Waals surface area contributed by atoms with Crippen molar-refractivity contribution in [3.05, 3.63) is 43.4 Å². The fraction of sp³-hybridized carbons (Fsp3) is 0.588. The highest BCUT2D eigenvalue weighted by Crippen LogP contribution is 2.09. The second-order valence-corrected chi connectivity index (χ2v) is 4.47. The van der Waals surface area contributed by atoms with Gasteiger partial charge in [-0.15, -0.1) is 0 Å². The molecule has 0 aliphatic heterocycles. The molecule has 0 amide bonds. The van der Waals surface area contributed by atoms with Crippen LogP contribution in [0.1, 0.15) is 64.7 Å². The Morgan fingerprint density at radius 2 is 1.47 bits per heavy atom. The lowest BCUT2D eigenvalue weighted by Crippen LogP contribution is -1.81. The van der Waals surface area contributed by atoms with Gasteiger partial charge in [-0.3, -0.25) is 0 Å². The molecule has 0 heteroatoms. The zero-order chi connectivity index (χ0) is 12.6. The van der Waals surface area contributed by atoms with Gasteiger partial charge >= 0.3 is 0 Å². The van der Waals surface area contributed by atoms with Crippen molar-refractivity contribution in [3.8, 4) is 0 Å². The molecule has 0 aliphatic rings. The minimum atomic E-state index is 1.21. The van der Waals surface area contributed by atoms with Crippen LogP contribution in [0, 0.1) is 6.42 Å². The molecular formula is C17H29. The SMILES string of the molecule is C=C/C=C/C=C/CCCCCCC[CH]CCC. The molecule has 0 nitrogen and oxygen atoms in total. The van der Waals surface area contributed by atoms with Crippen LogP contribution >= 0.6 is 0 Å². The summed E-state index contributed by atoms with van der Waals surface area (Å²) in [6.45, 7) is 5.88. The van der Waals surface area contributed by atoms with E-state index in [-0.39, 0.29) is 0 Å². The standard InChI is InChI=1S/C17H29/c1-3-5-7-9-11-13-15-17-16-14-12-10-8-6-4-2/h3,5,7-9,11H,1,4,6,10,12-17H2,2H3/b7-5+,11-9+. The highest BCUT2D eigenvalue weighted by atomic mass is 14.0. The minimum absolute atomic E-state index is 1.21. The highest BCUT2D eigenvalue weighted by Gasteiger charge is 1.90. The van der Waals surface area contributed by atoms with Crippen LogP contribution in [0.3, 0.4) is 0 Å². The first-order valence-corrected chi connectivity index (χ1v) is 7.17. The Labute approximate surface area is 109 Å². The van der Waals surface area contributed by atoms with Gasteiger partial charge < -0.3 is 0 Å². The van der Waals surface area contributed by atoms with E-state index in [1.807, 2.05) is 12.2 Å². The van der Waals surface area contributed by atoms with Gasteiger partial charge in [0.2, 0.25) is 0 Å². The molecule has 1 radical (unpaired) electrons. The Bertz CT molecular complexity index is 198. The fourth-order valence-corrected chi connectivity index (χ4v) is 1.75. The van der Waals surface area contributed by atoms with Crippen LogP contribution in [0.2, 0.25) is 0 Å². The maximum atomic E-state index is 3.63. The minimum Gasteiger partial charge on any atom is -0.0991 e. The zero-order valence-electron chi connectivity index (χ0n) is 11.5. The molecule has 0 atom stereocenters. The molecule has 0 N–H and O–H groups in total. The zero-order valence-corrected chi connectivity index (χ0v) is 11.5. The van der Waals surface area contributed by atoms with E-state index in [1.165, 1.54) is 57.8 Å². The van der Waals surface area contributed by atoms with Gasteiger partial charge in [-0.2, -0.15) is 0 Å². The normalized spacial score (nSPS) is 11.6. The van der Waals surface area contributed by atoms with E-state index in [0.717, 1.165) is 0 Å². The largest absolute Gasteiger partial charge is 0.0991 e. The topological polar surface area (TPSA) is 0 Å². The summed E-state index contributed by atoms with van der Waals surface area (Å²) in [7, 11) is 0. The summed E-state index contributed by atoms with van der Waals surface area (Å²) in [5.74, 6) is 0.